The highest BCUT2D eigenvalue weighted by Gasteiger charge is 2.16. The largest absolute Gasteiger partial charge is 0.330 e. The van der Waals surface area contributed by atoms with Gasteiger partial charge in [-0.1, -0.05) is 12.1 Å². The number of aromatic amines is 1. The summed E-state index contributed by atoms with van der Waals surface area (Å²) in [5.41, 5.74) is 3.12. The summed E-state index contributed by atoms with van der Waals surface area (Å²) in [6.07, 6.45) is 2.93. The van der Waals surface area contributed by atoms with Crippen LogP contribution in [0.25, 0.3) is 5.69 Å². The molecule has 2 N–H and O–H groups in total. The van der Waals surface area contributed by atoms with Crippen molar-refractivity contribution in [2.75, 3.05) is 13.1 Å². The molecule has 94 valence electrons. The van der Waals surface area contributed by atoms with Crippen LogP contribution in [0.4, 0.5) is 0 Å². The molecule has 1 fully saturated rings. The maximum Gasteiger partial charge on any atom is 0.330 e. The lowest BCUT2D eigenvalue weighted by molar-refractivity contribution is 0.762. The quantitative estimate of drug-likeness (QED) is 0.840. The lowest BCUT2D eigenvalue weighted by Gasteiger charge is -2.10. The highest BCUT2D eigenvalue weighted by atomic mass is 16.1. The minimum absolute atomic E-state index is 0.0808. The first-order valence-corrected chi connectivity index (χ1v) is 6.34. The van der Waals surface area contributed by atoms with Gasteiger partial charge in [0.15, 0.2) is 0 Å². The molecule has 4 heteroatoms. The second-order valence-corrected chi connectivity index (χ2v) is 4.85. The van der Waals surface area contributed by atoms with Crippen molar-refractivity contribution >= 4 is 0 Å². The van der Waals surface area contributed by atoms with E-state index in [0.29, 0.717) is 5.92 Å². The van der Waals surface area contributed by atoms with E-state index in [0.717, 1.165) is 24.5 Å². The fourth-order valence-electron chi connectivity index (χ4n) is 2.61. The molecule has 2 heterocycles. The molecule has 1 saturated heterocycles. The molecule has 1 atom stereocenters. The Morgan fingerprint density at radius 2 is 2.06 bits per heavy atom. The molecule has 1 aromatic carbocycles. The van der Waals surface area contributed by atoms with Crippen LogP contribution in [0.15, 0.2) is 35.3 Å². The molecule has 0 spiro atoms. The van der Waals surface area contributed by atoms with Crippen LogP contribution < -0.4 is 11.0 Å². The Balaban J connectivity index is 1.93. The minimum atomic E-state index is -0.0808. The third kappa shape index (κ3) is 1.88. The maximum absolute atomic E-state index is 11.7. The van der Waals surface area contributed by atoms with E-state index < -0.39 is 0 Å². The molecule has 2 aromatic rings. The normalized spacial score (nSPS) is 19.3. The van der Waals surface area contributed by atoms with Crippen LogP contribution in [0.5, 0.6) is 0 Å². The van der Waals surface area contributed by atoms with E-state index in [4.69, 9.17) is 0 Å². The molecule has 0 amide bonds. The van der Waals surface area contributed by atoms with Crippen LogP contribution in [0.3, 0.4) is 0 Å². The van der Waals surface area contributed by atoms with Crippen LogP contribution in [0, 0.1) is 6.92 Å². The molecule has 0 bridgehead atoms. The van der Waals surface area contributed by atoms with Crippen molar-refractivity contribution in [2.45, 2.75) is 19.3 Å². The van der Waals surface area contributed by atoms with E-state index in [1.54, 1.807) is 10.8 Å². The Morgan fingerprint density at radius 3 is 2.61 bits per heavy atom. The molecule has 1 aliphatic heterocycles. The Kier molecular flexibility index (Phi) is 2.80. The van der Waals surface area contributed by atoms with Gasteiger partial charge < -0.3 is 10.3 Å². The first-order chi connectivity index (χ1) is 8.75. The average molecular weight is 243 g/mol. The Labute approximate surface area is 106 Å². The number of hydrogen-bond donors (Lipinski definition) is 2. The van der Waals surface area contributed by atoms with E-state index in [1.807, 2.05) is 19.1 Å². The van der Waals surface area contributed by atoms with E-state index >= 15 is 0 Å². The van der Waals surface area contributed by atoms with Crippen LogP contribution in [-0.2, 0) is 0 Å². The van der Waals surface area contributed by atoms with Gasteiger partial charge in [0, 0.05) is 18.4 Å². The van der Waals surface area contributed by atoms with E-state index in [-0.39, 0.29) is 5.69 Å². The Hall–Kier alpha value is -1.81. The zero-order chi connectivity index (χ0) is 12.5. The molecule has 4 nitrogen and oxygen atoms in total. The summed E-state index contributed by atoms with van der Waals surface area (Å²) in [5, 5.41) is 3.37. The molecule has 0 saturated carbocycles. The molecule has 1 aromatic heterocycles. The minimum Gasteiger partial charge on any atom is -0.316 e. The van der Waals surface area contributed by atoms with Gasteiger partial charge in [0.1, 0.15) is 0 Å². The second kappa shape index (κ2) is 4.46. The fourth-order valence-corrected chi connectivity index (χ4v) is 2.61. The van der Waals surface area contributed by atoms with Gasteiger partial charge in [0.2, 0.25) is 0 Å². The zero-order valence-electron chi connectivity index (χ0n) is 10.4. The summed E-state index contributed by atoms with van der Waals surface area (Å²) >= 11 is 0. The average Bonchev–Trinajstić information content (AvgIpc) is 3.01. The number of nitrogens with zero attached hydrogens (tertiary/aromatic N) is 1. The molecule has 0 aliphatic carbocycles. The number of nitrogens with one attached hydrogen (secondary N) is 2. The van der Waals surface area contributed by atoms with Gasteiger partial charge in [0.05, 0.1) is 5.69 Å². The van der Waals surface area contributed by atoms with E-state index in [2.05, 4.69) is 22.4 Å². The number of hydrogen-bond acceptors (Lipinski definition) is 2. The van der Waals surface area contributed by atoms with Crippen molar-refractivity contribution < 1.29 is 0 Å². The second-order valence-electron chi connectivity index (χ2n) is 4.85. The third-order valence-corrected chi connectivity index (χ3v) is 3.64. The number of imidazole rings is 1. The van der Waals surface area contributed by atoms with Gasteiger partial charge in [-0.05, 0) is 43.5 Å². The first-order valence-electron chi connectivity index (χ1n) is 6.34. The lowest BCUT2D eigenvalue weighted by atomic mass is 9.98. The van der Waals surface area contributed by atoms with Gasteiger partial charge in [-0.2, -0.15) is 0 Å². The monoisotopic (exact) mass is 243 g/mol. The molecular weight excluding hydrogens is 226 g/mol. The van der Waals surface area contributed by atoms with Crippen molar-refractivity contribution in [2.24, 2.45) is 0 Å². The molecular formula is C14H17N3O. The first kappa shape index (κ1) is 11.3. The summed E-state index contributed by atoms with van der Waals surface area (Å²) in [5.74, 6) is 0.614. The number of benzene rings is 1. The van der Waals surface area contributed by atoms with Crippen LogP contribution >= 0.6 is 0 Å². The number of rotatable bonds is 2. The standard InChI is InChI=1S/C14H17N3O/c1-10-8-16-14(18)17(10)13-4-2-11(3-5-13)12-6-7-15-9-12/h2-5,8,12,15H,6-7,9H2,1H3,(H,16,18). The predicted octanol–water partition coefficient (Wildman–Crippen LogP) is 1.55. The summed E-state index contributed by atoms with van der Waals surface area (Å²) < 4.78 is 1.69. The molecule has 18 heavy (non-hydrogen) atoms. The highest BCUT2D eigenvalue weighted by Crippen LogP contribution is 2.23. The SMILES string of the molecule is Cc1c[nH]c(=O)n1-c1ccc(C2CCNC2)cc1. The molecule has 0 radical (unpaired) electrons. The van der Waals surface area contributed by atoms with Crippen molar-refractivity contribution in [3.63, 3.8) is 0 Å². The maximum atomic E-state index is 11.7. The highest BCUT2D eigenvalue weighted by molar-refractivity contribution is 5.37. The van der Waals surface area contributed by atoms with E-state index in [9.17, 15) is 4.79 Å². The molecule has 1 aliphatic rings. The number of aromatic nitrogens is 2. The molecule has 1 unspecified atom stereocenters. The third-order valence-electron chi connectivity index (χ3n) is 3.64. The smallest absolute Gasteiger partial charge is 0.316 e. The fraction of sp³-hybridized carbons (Fsp3) is 0.357. The lowest BCUT2D eigenvalue weighted by Crippen LogP contribution is -2.16. The van der Waals surface area contributed by atoms with E-state index in [1.165, 1.54) is 12.0 Å². The van der Waals surface area contributed by atoms with Crippen molar-refractivity contribution in [3.8, 4) is 5.69 Å². The Morgan fingerprint density at radius 1 is 1.28 bits per heavy atom. The van der Waals surface area contributed by atoms with Gasteiger partial charge in [0.25, 0.3) is 0 Å². The van der Waals surface area contributed by atoms with Crippen molar-refractivity contribution in [1.82, 2.24) is 14.9 Å². The van der Waals surface area contributed by atoms with Gasteiger partial charge >= 0.3 is 5.69 Å². The van der Waals surface area contributed by atoms with Gasteiger partial charge in [-0.3, -0.25) is 4.57 Å². The summed E-state index contributed by atoms with van der Waals surface area (Å²) in [6.45, 7) is 4.08. The summed E-state index contributed by atoms with van der Waals surface area (Å²) in [6, 6.07) is 8.31. The Bertz CT molecular complexity index is 588. The number of aryl methyl sites for hydroxylation is 1. The van der Waals surface area contributed by atoms with Gasteiger partial charge in [-0.15, -0.1) is 0 Å². The number of H-pyrrole nitrogens is 1. The van der Waals surface area contributed by atoms with Crippen molar-refractivity contribution in [3.05, 3.63) is 52.2 Å². The topological polar surface area (TPSA) is 49.8 Å². The summed E-state index contributed by atoms with van der Waals surface area (Å²) in [7, 11) is 0. The van der Waals surface area contributed by atoms with Crippen LogP contribution in [0.2, 0.25) is 0 Å². The van der Waals surface area contributed by atoms with Gasteiger partial charge in [-0.25, -0.2) is 4.79 Å². The predicted molar refractivity (Wildman–Crippen MR) is 71.4 cm³/mol. The van der Waals surface area contributed by atoms with Crippen molar-refractivity contribution in [1.29, 1.82) is 0 Å². The summed E-state index contributed by atoms with van der Waals surface area (Å²) in [4.78, 5) is 14.4. The van der Waals surface area contributed by atoms with Crippen LogP contribution in [0.1, 0.15) is 23.6 Å². The molecule has 3 rings (SSSR count). The zero-order valence-corrected chi connectivity index (χ0v) is 10.4. The van der Waals surface area contributed by atoms with Crippen LogP contribution in [-0.4, -0.2) is 22.6 Å².